The number of anilines is 1. The molecule has 3 aromatic rings. The number of hydrogen-bond donors (Lipinski definition) is 3. The number of amides is 1. The number of aliphatic hydroxyl groups excluding tert-OH is 1. The van der Waals surface area contributed by atoms with Crippen molar-refractivity contribution in [2.75, 3.05) is 11.9 Å². The van der Waals surface area contributed by atoms with Crippen LogP contribution in [0.25, 0.3) is 0 Å². The van der Waals surface area contributed by atoms with E-state index in [-0.39, 0.29) is 23.1 Å². The topological polar surface area (TPSA) is 120 Å². The first kappa shape index (κ1) is 18.8. The van der Waals surface area contributed by atoms with Gasteiger partial charge in [0.2, 0.25) is 5.91 Å². The molecule has 1 aromatic carbocycles. The van der Waals surface area contributed by atoms with Gasteiger partial charge in [-0.2, -0.15) is 0 Å². The molecule has 4 atom stereocenters. The van der Waals surface area contributed by atoms with E-state index in [2.05, 4.69) is 30.5 Å². The Morgan fingerprint density at radius 1 is 1.27 bits per heavy atom. The lowest BCUT2D eigenvalue weighted by molar-refractivity contribution is -0.123. The average molecular weight is 405 g/mol. The Bertz CT molecular complexity index is 1090. The summed E-state index contributed by atoms with van der Waals surface area (Å²) in [5, 5.41) is 22.1. The molecule has 0 spiro atoms. The number of aromatic nitrogens is 5. The Kier molecular flexibility index (Phi) is 4.37. The number of nitrogens with one attached hydrogen (secondary N) is 2. The first-order chi connectivity index (χ1) is 14.5. The number of carbonyl (C=O) groups excluding carboxylic acids is 1. The molecular weight excluding hydrogens is 382 g/mol. The third-order valence-electron chi connectivity index (χ3n) is 6.22. The van der Waals surface area contributed by atoms with Crippen LogP contribution in [0.15, 0.2) is 42.7 Å². The van der Waals surface area contributed by atoms with Gasteiger partial charge in [-0.25, -0.2) is 4.98 Å². The Labute approximate surface area is 173 Å². The smallest absolute Gasteiger partial charge is 0.245 e. The average Bonchev–Trinajstić information content (AvgIpc) is 3.24. The predicted molar refractivity (Wildman–Crippen MR) is 108 cm³/mol. The molecule has 1 fully saturated rings. The minimum absolute atomic E-state index is 0.114. The van der Waals surface area contributed by atoms with Crippen LogP contribution in [0.4, 0.5) is 5.82 Å². The Hall–Kier alpha value is -3.17. The lowest BCUT2D eigenvalue weighted by atomic mass is 9.94. The van der Waals surface area contributed by atoms with Crippen molar-refractivity contribution >= 4 is 11.7 Å². The Balaban J connectivity index is 1.35. The lowest BCUT2D eigenvalue weighted by Crippen LogP contribution is -2.50. The minimum Gasteiger partial charge on any atom is -0.371 e. The molecule has 1 aliphatic heterocycles. The van der Waals surface area contributed by atoms with Gasteiger partial charge in [0, 0.05) is 37.2 Å². The summed E-state index contributed by atoms with van der Waals surface area (Å²) in [6.07, 6.45) is 3.48. The van der Waals surface area contributed by atoms with Gasteiger partial charge in [-0.3, -0.25) is 20.0 Å². The van der Waals surface area contributed by atoms with E-state index in [0.717, 1.165) is 17.7 Å². The summed E-state index contributed by atoms with van der Waals surface area (Å²) in [5.41, 5.74) is 1.58. The highest BCUT2D eigenvalue weighted by molar-refractivity contribution is 5.98. The van der Waals surface area contributed by atoms with Gasteiger partial charge in [-0.15, -0.1) is 10.2 Å². The van der Waals surface area contributed by atoms with E-state index in [1.54, 1.807) is 19.4 Å². The van der Waals surface area contributed by atoms with E-state index in [9.17, 15) is 9.90 Å². The summed E-state index contributed by atoms with van der Waals surface area (Å²) in [5.74, 6) is 1.48. The number of benzene rings is 1. The van der Waals surface area contributed by atoms with E-state index in [0.29, 0.717) is 18.1 Å². The number of H-pyrrole nitrogens is 1. The number of aromatic amines is 1. The van der Waals surface area contributed by atoms with Crippen molar-refractivity contribution in [3.05, 3.63) is 65.6 Å². The van der Waals surface area contributed by atoms with Crippen molar-refractivity contribution in [1.29, 1.82) is 0 Å². The zero-order valence-electron chi connectivity index (χ0n) is 16.8. The van der Waals surface area contributed by atoms with Crippen LogP contribution < -0.4 is 10.2 Å². The number of likely N-dealkylation sites (N-methyl/N-ethyl adjacent to an activating group) is 1. The van der Waals surface area contributed by atoms with Crippen LogP contribution in [0.3, 0.4) is 0 Å². The van der Waals surface area contributed by atoms with Crippen molar-refractivity contribution in [2.24, 2.45) is 5.41 Å². The summed E-state index contributed by atoms with van der Waals surface area (Å²) >= 11 is 0. The molecule has 3 heterocycles. The van der Waals surface area contributed by atoms with Gasteiger partial charge in [0.05, 0.1) is 11.7 Å². The molecule has 0 radical (unpaired) electrons. The molecule has 1 amide bonds. The SMILES string of the molecule is CN1C(=O)[C@@H](NC(O)c2nnc(Cc3ccccc3)[nH]2)C2(C)C[C@H]2c2nccnc21. The van der Waals surface area contributed by atoms with Gasteiger partial charge < -0.3 is 10.1 Å². The monoisotopic (exact) mass is 405 g/mol. The van der Waals surface area contributed by atoms with Crippen LogP contribution in [0.1, 0.15) is 48.4 Å². The fourth-order valence-electron chi connectivity index (χ4n) is 4.34. The zero-order chi connectivity index (χ0) is 20.9. The maximum atomic E-state index is 13.2. The molecule has 2 aromatic heterocycles. The van der Waals surface area contributed by atoms with E-state index < -0.39 is 12.3 Å². The zero-order valence-corrected chi connectivity index (χ0v) is 16.8. The fourth-order valence-corrected chi connectivity index (χ4v) is 4.34. The molecule has 0 bridgehead atoms. The molecule has 2 aliphatic rings. The molecule has 5 rings (SSSR count). The van der Waals surface area contributed by atoms with Crippen LogP contribution in [0, 0.1) is 5.41 Å². The van der Waals surface area contributed by atoms with E-state index in [1.165, 1.54) is 4.90 Å². The van der Waals surface area contributed by atoms with Crippen LogP contribution in [0.5, 0.6) is 0 Å². The molecule has 154 valence electrons. The van der Waals surface area contributed by atoms with E-state index >= 15 is 0 Å². The molecular formula is C21H23N7O2. The van der Waals surface area contributed by atoms with Gasteiger partial charge in [-0.1, -0.05) is 37.3 Å². The number of nitrogens with zero attached hydrogens (tertiary/aromatic N) is 5. The quantitative estimate of drug-likeness (QED) is 0.547. The first-order valence-electron chi connectivity index (χ1n) is 9.95. The van der Waals surface area contributed by atoms with Crippen LogP contribution in [0.2, 0.25) is 0 Å². The first-order valence-corrected chi connectivity index (χ1v) is 9.95. The van der Waals surface area contributed by atoms with Crippen LogP contribution in [-0.2, 0) is 11.2 Å². The number of aliphatic hydroxyl groups is 1. The lowest BCUT2D eigenvalue weighted by Gasteiger charge is -2.28. The second kappa shape index (κ2) is 6.96. The molecule has 30 heavy (non-hydrogen) atoms. The summed E-state index contributed by atoms with van der Waals surface area (Å²) in [6, 6.07) is 9.30. The standard InChI is InChI=1S/C21H23N7O2/c1-21-11-13(21)15-18(23-9-8-22-15)28(2)20(30)16(21)25-19(29)17-24-14(26-27-17)10-12-6-4-3-5-7-12/h3-9,13,16,19,25,29H,10-11H2,1-2H3,(H,24,26,27)/t13-,16+,19?,21?/m0/s1. The van der Waals surface area contributed by atoms with E-state index in [1.807, 2.05) is 37.3 Å². The molecule has 1 aliphatic carbocycles. The van der Waals surface area contributed by atoms with Gasteiger partial charge in [-0.05, 0) is 12.0 Å². The summed E-state index contributed by atoms with van der Waals surface area (Å²) in [4.78, 5) is 26.6. The molecule has 1 saturated carbocycles. The third kappa shape index (κ3) is 3.06. The van der Waals surface area contributed by atoms with Crippen molar-refractivity contribution in [1.82, 2.24) is 30.5 Å². The normalized spacial score (nSPS) is 26.0. The highest BCUT2D eigenvalue weighted by Gasteiger charge is 2.62. The maximum Gasteiger partial charge on any atom is 0.245 e. The van der Waals surface area contributed by atoms with Crippen LogP contribution >= 0.6 is 0 Å². The minimum atomic E-state index is -1.15. The second-order valence-electron chi connectivity index (χ2n) is 8.25. The van der Waals surface area contributed by atoms with Gasteiger partial charge in [0.15, 0.2) is 17.9 Å². The predicted octanol–water partition coefficient (Wildman–Crippen LogP) is 1.30. The third-order valence-corrected chi connectivity index (χ3v) is 6.22. The molecule has 9 nitrogen and oxygen atoms in total. The summed E-state index contributed by atoms with van der Waals surface area (Å²) < 4.78 is 0. The molecule has 2 unspecified atom stereocenters. The van der Waals surface area contributed by atoms with Crippen LogP contribution in [-0.4, -0.2) is 49.3 Å². The van der Waals surface area contributed by atoms with Crippen molar-refractivity contribution in [3.63, 3.8) is 0 Å². The van der Waals surface area contributed by atoms with Gasteiger partial charge in [0.1, 0.15) is 5.82 Å². The number of carbonyl (C=O) groups is 1. The Morgan fingerprint density at radius 2 is 2.03 bits per heavy atom. The van der Waals surface area contributed by atoms with Gasteiger partial charge >= 0.3 is 0 Å². The molecule has 3 N–H and O–H groups in total. The number of fused-ring (bicyclic) bond motifs is 3. The summed E-state index contributed by atoms with van der Waals surface area (Å²) in [7, 11) is 1.69. The number of hydrogen-bond acceptors (Lipinski definition) is 7. The molecule has 0 saturated heterocycles. The second-order valence-corrected chi connectivity index (χ2v) is 8.25. The van der Waals surface area contributed by atoms with Crippen molar-refractivity contribution in [2.45, 2.75) is 38.0 Å². The summed E-state index contributed by atoms with van der Waals surface area (Å²) in [6.45, 7) is 2.04. The van der Waals surface area contributed by atoms with Crippen molar-refractivity contribution in [3.8, 4) is 0 Å². The van der Waals surface area contributed by atoms with Gasteiger partial charge in [0.25, 0.3) is 0 Å². The molecule has 9 heteroatoms. The van der Waals surface area contributed by atoms with E-state index in [4.69, 9.17) is 0 Å². The van der Waals surface area contributed by atoms with Crippen molar-refractivity contribution < 1.29 is 9.90 Å². The highest BCUT2D eigenvalue weighted by Crippen LogP contribution is 2.63. The largest absolute Gasteiger partial charge is 0.371 e. The fraction of sp³-hybridized carbons (Fsp3) is 0.381. The Morgan fingerprint density at radius 3 is 2.83 bits per heavy atom. The maximum absolute atomic E-state index is 13.2. The highest BCUT2D eigenvalue weighted by atomic mass is 16.3. The number of rotatable bonds is 5.